The van der Waals surface area contributed by atoms with Gasteiger partial charge >= 0.3 is 5.97 Å². The van der Waals surface area contributed by atoms with Gasteiger partial charge in [0.1, 0.15) is 5.54 Å². The molecule has 1 aliphatic rings. The Kier molecular flexibility index (Phi) is 6.76. The number of esters is 1. The smallest absolute Gasteiger partial charge is 0.331 e. The first-order chi connectivity index (χ1) is 12.4. The summed E-state index contributed by atoms with van der Waals surface area (Å²) in [4.78, 5) is 42.9. The van der Waals surface area contributed by atoms with Crippen LogP contribution in [0.2, 0.25) is 0 Å². The molecule has 26 heavy (non-hydrogen) atoms. The van der Waals surface area contributed by atoms with Gasteiger partial charge in [-0.05, 0) is 46.0 Å². The summed E-state index contributed by atoms with van der Waals surface area (Å²) in [5, 5.41) is 2.90. The van der Waals surface area contributed by atoms with Crippen LogP contribution in [0, 0.1) is 6.92 Å². The second kappa shape index (κ2) is 8.82. The second-order valence-electron chi connectivity index (χ2n) is 6.78. The van der Waals surface area contributed by atoms with Gasteiger partial charge < -0.3 is 15.8 Å². The van der Waals surface area contributed by atoms with E-state index in [1.165, 1.54) is 0 Å². The molecule has 0 saturated heterocycles. The predicted molar refractivity (Wildman–Crippen MR) is 97.5 cm³/mol. The molecule has 1 aliphatic carbocycles. The molecule has 2 rings (SSSR count). The van der Waals surface area contributed by atoms with E-state index in [2.05, 4.69) is 15.3 Å². The van der Waals surface area contributed by atoms with Crippen molar-refractivity contribution >= 4 is 17.8 Å². The maximum atomic E-state index is 12.3. The van der Waals surface area contributed by atoms with Crippen molar-refractivity contribution in [1.29, 1.82) is 0 Å². The first-order valence-corrected chi connectivity index (χ1v) is 9.21. The summed E-state index contributed by atoms with van der Waals surface area (Å²) in [5.74, 6) is -0.376. The summed E-state index contributed by atoms with van der Waals surface area (Å²) >= 11 is 0. The van der Waals surface area contributed by atoms with Crippen molar-refractivity contribution in [3.63, 3.8) is 0 Å². The number of H-pyrrole nitrogens is 1. The zero-order valence-electron chi connectivity index (χ0n) is 15.5. The van der Waals surface area contributed by atoms with Crippen molar-refractivity contribution < 1.29 is 14.3 Å². The van der Waals surface area contributed by atoms with Crippen LogP contribution in [-0.4, -0.2) is 34.0 Å². The van der Waals surface area contributed by atoms with Gasteiger partial charge in [-0.25, -0.2) is 9.78 Å². The molecule has 1 aromatic rings. The molecule has 0 unspecified atom stereocenters. The van der Waals surface area contributed by atoms with Crippen LogP contribution < -0.4 is 16.6 Å². The Balaban J connectivity index is 1.83. The average Bonchev–Trinajstić information content (AvgIpc) is 3.03. The quantitative estimate of drug-likeness (QED) is 0.472. The third-order valence-electron chi connectivity index (χ3n) is 4.82. The number of nitrogens with one attached hydrogen (secondary N) is 2. The minimum Gasteiger partial charge on any atom is -0.464 e. The lowest BCUT2D eigenvalue weighted by molar-refractivity contribution is -0.153. The molecule has 0 radical (unpaired) electrons. The van der Waals surface area contributed by atoms with E-state index < -0.39 is 5.54 Å². The van der Waals surface area contributed by atoms with Gasteiger partial charge in [0.25, 0.3) is 5.56 Å². The maximum Gasteiger partial charge on any atom is 0.331 e. The van der Waals surface area contributed by atoms with Gasteiger partial charge in [0.05, 0.1) is 6.61 Å². The van der Waals surface area contributed by atoms with Crippen molar-refractivity contribution in [2.24, 2.45) is 0 Å². The summed E-state index contributed by atoms with van der Waals surface area (Å²) in [6.45, 7) is 3.81. The fraction of sp³-hybridized carbons (Fsp3) is 0.667. The van der Waals surface area contributed by atoms with E-state index in [9.17, 15) is 14.4 Å². The van der Waals surface area contributed by atoms with Crippen molar-refractivity contribution in [3.8, 4) is 0 Å². The van der Waals surface area contributed by atoms with Gasteiger partial charge in [0.15, 0.2) is 0 Å². The van der Waals surface area contributed by atoms with Crippen LogP contribution in [0.4, 0.5) is 5.95 Å². The van der Waals surface area contributed by atoms with E-state index in [1.807, 2.05) is 0 Å². The molecule has 0 bridgehead atoms. The number of carbonyl (C=O) groups is 2. The Morgan fingerprint density at radius 1 is 1.31 bits per heavy atom. The number of hydrogen-bond acceptors (Lipinski definition) is 6. The Morgan fingerprint density at radius 3 is 2.62 bits per heavy atom. The van der Waals surface area contributed by atoms with Crippen molar-refractivity contribution in [1.82, 2.24) is 15.3 Å². The molecular formula is C18H28N4O4. The third-order valence-corrected chi connectivity index (χ3v) is 4.82. The lowest BCUT2D eigenvalue weighted by Gasteiger charge is -2.27. The molecule has 4 N–H and O–H groups in total. The molecule has 1 saturated carbocycles. The van der Waals surface area contributed by atoms with Gasteiger partial charge in [0, 0.05) is 17.7 Å². The fourth-order valence-corrected chi connectivity index (χ4v) is 3.47. The average molecular weight is 364 g/mol. The van der Waals surface area contributed by atoms with Gasteiger partial charge in [-0.3, -0.25) is 14.6 Å². The molecule has 1 heterocycles. The zero-order valence-corrected chi connectivity index (χ0v) is 15.5. The lowest BCUT2D eigenvalue weighted by atomic mass is 9.97. The number of carbonyl (C=O) groups excluding carboxylic acids is 2. The fourth-order valence-electron chi connectivity index (χ4n) is 3.47. The van der Waals surface area contributed by atoms with Crippen LogP contribution >= 0.6 is 0 Å². The summed E-state index contributed by atoms with van der Waals surface area (Å²) in [6, 6.07) is 0. The number of rotatable bonds is 8. The van der Waals surface area contributed by atoms with Crippen LogP contribution in [0.5, 0.6) is 0 Å². The molecule has 0 aromatic carbocycles. The molecule has 0 atom stereocenters. The summed E-state index contributed by atoms with van der Waals surface area (Å²) < 4.78 is 5.14. The van der Waals surface area contributed by atoms with Crippen LogP contribution in [-0.2, 0) is 20.7 Å². The van der Waals surface area contributed by atoms with Gasteiger partial charge in [-0.15, -0.1) is 0 Å². The SMILES string of the molecule is CCOC(=O)C1(NC(=O)CCCCc2c(C)nc(N)[nH]c2=O)CCCC1. The predicted octanol–water partition coefficient (Wildman–Crippen LogP) is 1.37. The number of anilines is 1. The Hall–Kier alpha value is -2.38. The van der Waals surface area contributed by atoms with E-state index in [4.69, 9.17) is 10.5 Å². The van der Waals surface area contributed by atoms with Crippen molar-refractivity contribution in [2.45, 2.75) is 70.8 Å². The number of amides is 1. The highest BCUT2D eigenvalue weighted by atomic mass is 16.5. The number of aryl methyl sites for hydroxylation is 1. The number of hydrogen-bond donors (Lipinski definition) is 3. The van der Waals surface area contributed by atoms with E-state index >= 15 is 0 Å². The number of aromatic amines is 1. The molecule has 144 valence electrons. The Morgan fingerprint density at radius 2 is 2.00 bits per heavy atom. The van der Waals surface area contributed by atoms with E-state index in [0.717, 1.165) is 12.8 Å². The highest BCUT2D eigenvalue weighted by Gasteiger charge is 2.43. The second-order valence-corrected chi connectivity index (χ2v) is 6.78. The molecule has 0 spiro atoms. The highest BCUT2D eigenvalue weighted by Crippen LogP contribution is 2.31. The first-order valence-electron chi connectivity index (χ1n) is 9.21. The monoisotopic (exact) mass is 364 g/mol. The van der Waals surface area contributed by atoms with Crippen LogP contribution in [0.15, 0.2) is 4.79 Å². The number of nitrogen functional groups attached to an aromatic ring is 1. The summed E-state index contributed by atoms with van der Waals surface area (Å²) in [6.07, 6.45) is 5.21. The van der Waals surface area contributed by atoms with Crippen LogP contribution in [0.1, 0.15) is 63.1 Å². The van der Waals surface area contributed by atoms with Gasteiger partial charge in [-0.2, -0.15) is 0 Å². The minimum atomic E-state index is -0.859. The largest absolute Gasteiger partial charge is 0.464 e. The maximum absolute atomic E-state index is 12.3. The molecule has 1 fully saturated rings. The summed E-state index contributed by atoms with van der Waals surface area (Å²) in [5.41, 5.74) is 5.62. The molecule has 1 aromatic heterocycles. The minimum absolute atomic E-state index is 0.108. The molecule has 1 amide bonds. The van der Waals surface area contributed by atoms with Crippen molar-refractivity contribution in [3.05, 3.63) is 21.6 Å². The topological polar surface area (TPSA) is 127 Å². The van der Waals surface area contributed by atoms with Crippen LogP contribution in [0.25, 0.3) is 0 Å². The Labute approximate surface area is 152 Å². The van der Waals surface area contributed by atoms with Gasteiger partial charge in [0.2, 0.25) is 11.9 Å². The number of unbranched alkanes of at least 4 members (excludes halogenated alkanes) is 1. The van der Waals surface area contributed by atoms with Crippen molar-refractivity contribution in [2.75, 3.05) is 12.3 Å². The van der Waals surface area contributed by atoms with Crippen LogP contribution in [0.3, 0.4) is 0 Å². The zero-order chi connectivity index (χ0) is 19.2. The molecule has 0 aliphatic heterocycles. The lowest BCUT2D eigenvalue weighted by Crippen LogP contribution is -2.53. The number of ether oxygens (including phenoxy) is 1. The molecular weight excluding hydrogens is 336 g/mol. The summed E-state index contributed by atoms with van der Waals surface area (Å²) in [7, 11) is 0. The Bertz CT molecular complexity index is 708. The number of nitrogens with two attached hydrogens (primary N) is 1. The third kappa shape index (κ3) is 4.83. The highest BCUT2D eigenvalue weighted by molar-refractivity contribution is 5.88. The van der Waals surface area contributed by atoms with E-state index in [1.54, 1.807) is 13.8 Å². The normalized spacial score (nSPS) is 15.6. The van der Waals surface area contributed by atoms with E-state index in [0.29, 0.717) is 56.4 Å². The number of aromatic nitrogens is 2. The molecule has 8 heteroatoms. The van der Waals surface area contributed by atoms with E-state index in [-0.39, 0.29) is 23.4 Å². The first kappa shape index (κ1) is 19.9. The number of nitrogens with zero attached hydrogens (tertiary/aromatic N) is 1. The molecule has 8 nitrogen and oxygen atoms in total. The van der Waals surface area contributed by atoms with Gasteiger partial charge in [-0.1, -0.05) is 12.8 Å². The standard InChI is InChI=1S/C18H28N4O4/c1-3-26-16(25)18(10-6-7-11-18)22-14(23)9-5-4-8-13-12(2)20-17(19)21-15(13)24/h3-11H2,1-2H3,(H,22,23)(H3,19,20,21,24).